The zero-order valence-corrected chi connectivity index (χ0v) is 17.4. The van der Waals surface area contributed by atoms with Crippen LogP contribution in [-0.2, 0) is 31.9 Å². The van der Waals surface area contributed by atoms with Crippen LogP contribution in [0.4, 0.5) is 5.69 Å². The van der Waals surface area contributed by atoms with Gasteiger partial charge in [0.1, 0.15) is 6.04 Å². The molecule has 0 saturated heterocycles. The average molecular weight is 446 g/mol. The van der Waals surface area contributed by atoms with E-state index in [1.165, 1.54) is 0 Å². The minimum absolute atomic E-state index is 0.203. The Morgan fingerprint density at radius 2 is 1.68 bits per heavy atom. The number of nitrogens with one attached hydrogen (secondary N) is 4. The number of anilines is 1. The molecule has 0 heterocycles. The van der Waals surface area contributed by atoms with E-state index in [9.17, 15) is 23.1 Å². The number of nitriles is 1. The zero-order valence-electron chi connectivity index (χ0n) is 16.5. The predicted octanol–water partition coefficient (Wildman–Crippen LogP) is -0.208. The quantitative estimate of drug-likeness (QED) is 0.236. The molecule has 2 rings (SSSR count). The highest BCUT2D eigenvalue weighted by Crippen LogP contribution is 2.08. The fourth-order valence-electron chi connectivity index (χ4n) is 2.55. The highest BCUT2D eigenvalue weighted by atomic mass is 32.2. The van der Waals surface area contributed by atoms with Gasteiger partial charge >= 0.3 is 0 Å². The molecular weight excluding hydrogens is 422 g/mol. The largest absolute Gasteiger partial charge is 0.394 e. The lowest BCUT2D eigenvalue weighted by molar-refractivity contribution is -0.127. The lowest BCUT2D eigenvalue weighted by Gasteiger charge is -2.16. The van der Waals surface area contributed by atoms with Crippen molar-refractivity contribution in [3.05, 3.63) is 65.7 Å². The van der Waals surface area contributed by atoms with Crippen LogP contribution >= 0.6 is 0 Å². The summed E-state index contributed by atoms with van der Waals surface area (Å²) in [6.07, 6.45) is 1.80. The predicted molar refractivity (Wildman–Crippen MR) is 114 cm³/mol. The van der Waals surface area contributed by atoms with E-state index in [0.29, 0.717) is 11.3 Å². The molecule has 2 amide bonds. The van der Waals surface area contributed by atoms with Crippen molar-refractivity contribution in [2.24, 2.45) is 0 Å². The van der Waals surface area contributed by atoms with Gasteiger partial charge < -0.3 is 15.7 Å². The van der Waals surface area contributed by atoms with Crippen LogP contribution in [0, 0.1) is 11.5 Å². The van der Waals surface area contributed by atoms with Crippen LogP contribution in [0.25, 0.3) is 0 Å². The van der Waals surface area contributed by atoms with Gasteiger partial charge in [-0.15, -0.1) is 0 Å². The molecule has 0 aliphatic carbocycles. The van der Waals surface area contributed by atoms with Gasteiger partial charge in [0, 0.05) is 12.2 Å². The standard InChI is InChI=1S/C20H23N5O5S/c21-14-24-17-8-6-15(7-9-17)10-22-19(27)11-23-20(28)18(12-26)25-31(29,30)13-16-4-2-1-3-5-16/h1-9,18,24-26H,10-13H2,(H,22,27)(H,23,28). The normalized spacial score (nSPS) is 11.7. The molecule has 0 aliphatic heterocycles. The topological polar surface area (TPSA) is 160 Å². The van der Waals surface area contributed by atoms with Crippen LogP contribution in [0.2, 0.25) is 0 Å². The first-order valence-electron chi connectivity index (χ1n) is 9.26. The number of hydrogen-bond acceptors (Lipinski definition) is 7. The first kappa shape index (κ1) is 23.8. The lowest BCUT2D eigenvalue weighted by Crippen LogP contribution is -2.50. The SMILES string of the molecule is N#CNc1ccc(CNC(=O)CNC(=O)C(CO)NS(=O)(=O)Cc2ccccc2)cc1. The highest BCUT2D eigenvalue weighted by molar-refractivity contribution is 7.88. The van der Waals surface area contributed by atoms with Crippen LogP contribution < -0.4 is 20.7 Å². The third kappa shape index (κ3) is 8.43. The van der Waals surface area contributed by atoms with Crippen LogP contribution in [0.3, 0.4) is 0 Å². The number of hydrogen-bond donors (Lipinski definition) is 5. The summed E-state index contributed by atoms with van der Waals surface area (Å²) in [7, 11) is -3.88. The van der Waals surface area contributed by atoms with Gasteiger partial charge in [0.05, 0.1) is 18.9 Å². The molecule has 2 aromatic carbocycles. The minimum atomic E-state index is -3.88. The molecule has 0 bridgehead atoms. The smallest absolute Gasteiger partial charge is 0.240 e. The summed E-state index contributed by atoms with van der Waals surface area (Å²) in [4.78, 5) is 24.1. The second-order valence-electron chi connectivity index (χ2n) is 6.53. The molecule has 0 aliphatic rings. The van der Waals surface area contributed by atoms with Gasteiger partial charge in [-0.25, -0.2) is 13.1 Å². The van der Waals surface area contributed by atoms with Crippen LogP contribution in [0.5, 0.6) is 0 Å². The summed E-state index contributed by atoms with van der Waals surface area (Å²) in [6, 6.07) is 13.8. The first-order chi connectivity index (χ1) is 14.8. The van der Waals surface area contributed by atoms with Crippen molar-refractivity contribution in [3.63, 3.8) is 0 Å². The molecule has 11 heteroatoms. The van der Waals surface area contributed by atoms with Crippen LogP contribution in [0.15, 0.2) is 54.6 Å². The Morgan fingerprint density at radius 1 is 1.00 bits per heavy atom. The molecule has 5 N–H and O–H groups in total. The number of benzene rings is 2. The monoisotopic (exact) mass is 445 g/mol. The Bertz CT molecular complexity index is 1020. The summed E-state index contributed by atoms with van der Waals surface area (Å²) in [5.74, 6) is -1.65. The maximum Gasteiger partial charge on any atom is 0.240 e. The number of aliphatic hydroxyl groups is 1. The van der Waals surface area contributed by atoms with Crippen molar-refractivity contribution in [1.82, 2.24) is 15.4 Å². The van der Waals surface area contributed by atoms with Gasteiger partial charge in [-0.2, -0.15) is 5.26 Å². The average Bonchev–Trinajstić information content (AvgIpc) is 2.76. The molecule has 0 spiro atoms. The van der Waals surface area contributed by atoms with E-state index >= 15 is 0 Å². The van der Waals surface area contributed by atoms with Crippen LogP contribution in [0.1, 0.15) is 11.1 Å². The molecule has 0 aromatic heterocycles. The van der Waals surface area contributed by atoms with Gasteiger partial charge in [-0.1, -0.05) is 42.5 Å². The van der Waals surface area contributed by atoms with E-state index in [1.54, 1.807) is 60.8 Å². The molecule has 10 nitrogen and oxygen atoms in total. The number of nitrogens with zero attached hydrogens (tertiary/aromatic N) is 1. The Kier molecular flexibility index (Phi) is 8.95. The van der Waals surface area contributed by atoms with Crippen molar-refractivity contribution >= 4 is 27.5 Å². The van der Waals surface area contributed by atoms with Gasteiger partial charge in [0.2, 0.25) is 21.8 Å². The number of rotatable bonds is 11. The molecule has 1 atom stereocenters. The maximum atomic E-state index is 12.2. The number of sulfonamides is 1. The highest BCUT2D eigenvalue weighted by Gasteiger charge is 2.24. The summed E-state index contributed by atoms with van der Waals surface area (Å²) in [5.41, 5.74) is 1.93. The number of amides is 2. The maximum absolute atomic E-state index is 12.2. The molecule has 1 unspecified atom stereocenters. The number of carbonyl (C=O) groups is 2. The van der Waals surface area contributed by atoms with Crippen LogP contribution in [-0.4, -0.2) is 44.5 Å². The number of carbonyl (C=O) groups excluding carboxylic acids is 2. The summed E-state index contributed by atoms with van der Waals surface area (Å²) in [5, 5.41) is 25.3. The Labute approximate surface area is 180 Å². The summed E-state index contributed by atoms with van der Waals surface area (Å²) >= 11 is 0. The van der Waals surface area contributed by atoms with Crippen molar-refractivity contribution in [2.45, 2.75) is 18.3 Å². The first-order valence-corrected chi connectivity index (χ1v) is 10.9. The second-order valence-corrected chi connectivity index (χ2v) is 8.28. The molecule has 164 valence electrons. The fraction of sp³-hybridized carbons (Fsp3) is 0.250. The third-order valence-corrected chi connectivity index (χ3v) is 5.44. The third-order valence-electron chi connectivity index (χ3n) is 4.09. The summed E-state index contributed by atoms with van der Waals surface area (Å²) < 4.78 is 26.6. The van der Waals surface area contributed by atoms with E-state index in [1.807, 2.05) is 0 Å². The Morgan fingerprint density at radius 3 is 2.29 bits per heavy atom. The molecule has 0 fully saturated rings. The zero-order chi connectivity index (χ0) is 22.7. The van der Waals surface area contributed by atoms with Gasteiger partial charge in [0.25, 0.3) is 0 Å². The van der Waals surface area contributed by atoms with E-state index in [0.717, 1.165) is 5.56 Å². The molecule has 2 aromatic rings. The van der Waals surface area contributed by atoms with Crippen molar-refractivity contribution in [3.8, 4) is 6.19 Å². The van der Waals surface area contributed by atoms with E-state index in [4.69, 9.17) is 5.26 Å². The lowest BCUT2D eigenvalue weighted by atomic mass is 10.2. The molecule has 31 heavy (non-hydrogen) atoms. The van der Waals surface area contributed by atoms with E-state index in [-0.39, 0.29) is 18.8 Å². The fourth-order valence-corrected chi connectivity index (χ4v) is 3.88. The molecule has 0 radical (unpaired) electrons. The Balaban J connectivity index is 1.79. The summed E-state index contributed by atoms with van der Waals surface area (Å²) in [6.45, 7) is -0.941. The number of aliphatic hydroxyl groups excluding tert-OH is 1. The second kappa shape index (κ2) is 11.7. The molecule has 0 saturated carbocycles. The van der Waals surface area contributed by atoms with Crippen molar-refractivity contribution in [2.75, 3.05) is 18.5 Å². The van der Waals surface area contributed by atoms with Crippen molar-refractivity contribution in [1.29, 1.82) is 5.26 Å². The Hall–Kier alpha value is -3.46. The van der Waals surface area contributed by atoms with E-state index in [2.05, 4.69) is 20.7 Å². The van der Waals surface area contributed by atoms with Crippen molar-refractivity contribution < 1.29 is 23.1 Å². The van der Waals surface area contributed by atoms with Gasteiger partial charge in [-0.3, -0.25) is 14.9 Å². The van der Waals surface area contributed by atoms with Gasteiger partial charge in [0.15, 0.2) is 6.19 Å². The van der Waals surface area contributed by atoms with E-state index < -0.39 is 34.5 Å². The minimum Gasteiger partial charge on any atom is -0.394 e. The molecular formula is C20H23N5O5S. The van der Waals surface area contributed by atoms with Gasteiger partial charge in [-0.05, 0) is 23.3 Å².